The first kappa shape index (κ1) is 15.7. The van der Waals surface area contributed by atoms with E-state index in [4.69, 9.17) is 10.8 Å². The van der Waals surface area contributed by atoms with Crippen molar-refractivity contribution in [2.24, 2.45) is 5.73 Å². The topological polar surface area (TPSA) is 92.4 Å². The molecule has 0 aliphatic heterocycles. The molecule has 114 valence electrons. The third-order valence-electron chi connectivity index (χ3n) is 3.28. The van der Waals surface area contributed by atoms with Gasteiger partial charge in [-0.2, -0.15) is 0 Å². The summed E-state index contributed by atoms with van der Waals surface area (Å²) in [6, 6.07) is 15.5. The highest BCUT2D eigenvalue weighted by Crippen LogP contribution is 2.07. The molecule has 22 heavy (non-hydrogen) atoms. The van der Waals surface area contributed by atoms with E-state index in [0.29, 0.717) is 12.1 Å². The number of amides is 1. The smallest absolute Gasteiger partial charge is 0.320 e. The van der Waals surface area contributed by atoms with Gasteiger partial charge in [-0.1, -0.05) is 42.5 Å². The maximum absolute atomic E-state index is 11.9. The van der Waals surface area contributed by atoms with Crippen molar-refractivity contribution in [3.63, 3.8) is 0 Å². The van der Waals surface area contributed by atoms with E-state index in [0.717, 1.165) is 11.1 Å². The van der Waals surface area contributed by atoms with Crippen LogP contribution in [0.2, 0.25) is 0 Å². The molecule has 1 unspecified atom stereocenters. The molecule has 5 nitrogen and oxygen atoms in total. The molecule has 0 radical (unpaired) electrons. The molecular formula is C17H18N2O3. The highest BCUT2D eigenvalue weighted by Gasteiger charge is 2.11. The van der Waals surface area contributed by atoms with E-state index in [2.05, 4.69) is 5.32 Å². The van der Waals surface area contributed by atoms with Gasteiger partial charge in [0.25, 0.3) is 5.91 Å². The summed E-state index contributed by atoms with van der Waals surface area (Å²) < 4.78 is 0. The minimum absolute atomic E-state index is 0.127. The molecule has 2 aromatic carbocycles. The third kappa shape index (κ3) is 4.43. The van der Waals surface area contributed by atoms with Crippen LogP contribution in [0.25, 0.3) is 0 Å². The molecular weight excluding hydrogens is 280 g/mol. The number of carbonyl (C=O) groups excluding carboxylic acids is 1. The molecule has 4 N–H and O–H groups in total. The zero-order valence-electron chi connectivity index (χ0n) is 12.0. The van der Waals surface area contributed by atoms with Crippen LogP contribution in [0.3, 0.4) is 0 Å². The summed E-state index contributed by atoms with van der Waals surface area (Å²) in [7, 11) is 0. The van der Waals surface area contributed by atoms with Crippen LogP contribution in [0.4, 0.5) is 0 Å². The zero-order valence-corrected chi connectivity index (χ0v) is 12.0. The first-order chi connectivity index (χ1) is 10.6. The van der Waals surface area contributed by atoms with Crippen LogP contribution in [0, 0.1) is 0 Å². The van der Waals surface area contributed by atoms with Crippen LogP contribution < -0.4 is 11.1 Å². The Balaban J connectivity index is 1.89. The van der Waals surface area contributed by atoms with E-state index in [1.807, 2.05) is 42.5 Å². The Hall–Kier alpha value is -2.66. The third-order valence-corrected chi connectivity index (χ3v) is 3.28. The lowest BCUT2D eigenvalue weighted by Crippen LogP contribution is -2.32. The number of hydrogen-bond acceptors (Lipinski definition) is 3. The fraction of sp³-hybridized carbons (Fsp3) is 0.176. The van der Waals surface area contributed by atoms with E-state index in [1.54, 1.807) is 12.1 Å². The number of carboxylic acids is 1. The van der Waals surface area contributed by atoms with Gasteiger partial charge in [-0.25, -0.2) is 0 Å². The lowest BCUT2D eigenvalue weighted by atomic mass is 10.0. The first-order valence-electron chi connectivity index (χ1n) is 6.95. The highest BCUT2D eigenvalue weighted by molar-refractivity contribution is 5.94. The second-order valence-corrected chi connectivity index (χ2v) is 5.01. The van der Waals surface area contributed by atoms with E-state index in [1.165, 1.54) is 0 Å². The second kappa shape index (κ2) is 7.38. The normalized spacial score (nSPS) is 11.7. The van der Waals surface area contributed by atoms with Crippen LogP contribution in [0.5, 0.6) is 0 Å². The van der Waals surface area contributed by atoms with Gasteiger partial charge in [0.1, 0.15) is 6.04 Å². The quantitative estimate of drug-likeness (QED) is 0.755. The average Bonchev–Trinajstić information content (AvgIpc) is 2.54. The molecule has 0 bridgehead atoms. The van der Waals surface area contributed by atoms with E-state index >= 15 is 0 Å². The Bertz CT molecular complexity index is 639. The second-order valence-electron chi connectivity index (χ2n) is 5.01. The van der Waals surface area contributed by atoms with Crippen molar-refractivity contribution < 1.29 is 14.7 Å². The zero-order chi connectivity index (χ0) is 15.9. The summed E-state index contributed by atoms with van der Waals surface area (Å²) in [5.41, 5.74) is 7.91. The van der Waals surface area contributed by atoms with Gasteiger partial charge in [0.2, 0.25) is 0 Å². The summed E-state index contributed by atoms with van der Waals surface area (Å²) in [6.07, 6.45) is 0.284. The highest BCUT2D eigenvalue weighted by atomic mass is 16.4. The van der Waals surface area contributed by atoms with Gasteiger partial charge in [-0.15, -0.1) is 0 Å². The van der Waals surface area contributed by atoms with Crippen molar-refractivity contribution in [3.8, 4) is 0 Å². The maximum Gasteiger partial charge on any atom is 0.320 e. The molecule has 2 aromatic rings. The van der Waals surface area contributed by atoms with Gasteiger partial charge < -0.3 is 16.2 Å². The van der Waals surface area contributed by atoms with E-state index in [9.17, 15) is 9.59 Å². The lowest BCUT2D eigenvalue weighted by molar-refractivity contribution is -0.138. The Morgan fingerprint density at radius 3 is 2.18 bits per heavy atom. The maximum atomic E-state index is 11.9. The predicted octanol–water partition coefficient (Wildman–Crippen LogP) is 1.57. The van der Waals surface area contributed by atoms with E-state index in [-0.39, 0.29) is 12.3 Å². The Kier molecular flexibility index (Phi) is 5.27. The molecule has 1 atom stereocenters. The van der Waals surface area contributed by atoms with Crippen LogP contribution in [-0.4, -0.2) is 23.0 Å². The minimum Gasteiger partial charge on any atom is -0.480 e. The number of aliphatic carboxylic acids is 1. The number of nitrogens with two attached hydrogens (primary N) is 1. The number of carbonyl (C=O) groups is 2. The molecule has 0 heterocycles. The van der Waals surface area contributed by atoms with Crippen molar-refractivity contribution in [3.05, 3.63) is 71.3 Å². The molecule has 0 fully saturated rings. The molecule has 2 rings (SSSR count). The first-order valence-corrected chi connectivity index (χ1v) is 6.95. The molecule has 0 saturated carbocycles. The minimum atomic E-state index is -1.01. The van der Waals surface area contributed by atoms with Crippen molar-refractivity contribution in [1.82, 2.24) is 5.32 Å². The van der Waals surface area contributed by atoms with Crippen LogP contribution in [0.15, 0.2) is 54.6 Å². The summed E-state index contributed by atoms with van der Waals surface area (Å²) in [4.78, 5) is 22.6. The Morgan fingerprint density at radius 2 is 1.59 bits per heavy atom. The monoisotopic (exact) mass is 298 g/mol. The van der Waals surface area contributed by atoms with Gasteiger partial charge >= 0.3 is 5.97 Å². The predicted molar refractivity (Wildman–Crippen MR) is 83.4 cm³/mol. The number of hydrogen-bond donors (Lipinski definition) is 3. The molecule has 5 heteroatoms. The van der Waals surface area contributed by atoms with Gasteiger partial charge in [0.05, 0.1) is 0 Å². The van der Waals surface area contributed by atoms with Gasteiger partial charge in [-0.05, 0) is 29.7 Å². The number of nitrogens with one attached hydrogen (secondary N) is 1. The van der Waals surface area contributed by atoms with Crippen molar-refractivity contribution >= 4 is 11.9 Å². The average molecular weight is 298 g/mol. The van der Waals surface area contributed by atoms with Crippen molar-refractivity contribution in [2.75, 3.05) is 0 Å². The van der Waals surface area contributed by atoms with Gasteiger partial charge in [0, 0.05) is 12.1 Å². The number of benzene rings is 2. The van der Waals surface area contributed by atoms with E-state index < -0.39 is 12.0 Å². The summed E-state index contributed by atoms with van der Waals surface area (Å²) in [6.45, 7) is 0.416. The summed E-state index contributed by atoms with van der Waals surface area (Å²) >= 11 is 0. The van der Waals surface area contributed by atoms with Crippen molar-refractivity contribution in [1.29, 1.82) is 0 Å². The SMILES string of the molecule is NC(Cc1ccc(CNC(=O)c2ccccc2)cc1)C(=O)O. The number of rotatable bonds is 6. The summed E-state index contributed by atoms with van der Waals surface area (Å²) in [5.74, 6) is -1.14. The van der Waals surface area contributed by atoms with Gasteiger partial charge in [-0.3, -0.25) is 9.59 Å². The standard InChI is InChI=1S/C17H18N2O3/c18-15(17(21)22)10-12-6-8-13(9-7-12)11-19-16(20)14-4-2-1-3-5-14/h1-9,15H,10-11,18H2,(H,19,20)(H,21,22). The lowest BCUT2D eigenvalue weighted by Gasteiger charge is -2.08. The Morgan fingerprint density at radius 1 is 1.00 bits per heavy atom. The van der Waals surface area contributed by atoms with Crippen LogP contribution >= 0.6 is 0 Å². The molecule has 0 saturated heterocycles. The number of carboxylic acid groups (broad SMARTS) is 1. The molecule has 0 aliphatic rings. The fourth-order valence-electron chi connectivity index (χ4n) is 2.01. The molecule has 0 aliphatic carbocycles. The molecule has 1 amide bonds. The fourth-order valence-corrected chi connectivity index (χ4v) is 2.01. The summed E-state index contributed by atoms with van der Waals surface area (Å²) in [5, 5.41) is 11.6. The van der Waals surface area contributed by atoms with Crippen LogP contribution in [-0.2, 0) is 17.8 Å². The van der Waals surface area contributed by atoms with Crippen LogP contribution in [0.1, 0.15) is 21.5 Å². The molecule has 0 spiro atoms. The van der Waals surface area contributed by atoms with Gasteiger partial charge in [0.15, 0.2) is 0 Å². The van der Waals surface area contributed by atoms with Crippen molar-refractivity contribution in [2.45, 2.75) is 19.0 Å². The largest absolute Gasteiger partial charge is 0.480 e. The molecule has 0 aromatic heterocycles. The Labute approximate surface area is 128 Å².